The zero-order valence-corrected chi connectivity index (χ0v) is 15.3. The van der Waals surface area contributed by atoms with Gasteiger partial charge in [0.2, 0.25) is 11.8 Å². The van der Waals surface area contributed by atoms with Crippen molar-refractivity contribution in [1.29, 1.82) is 0 Å². The van der Waals surface area contributed by atoms with Crippen molar-refractivity contribution in [3.63, 3.8) is 0 Å². The van der Waals surface area contributed by atoms with E-state index in [9.17, 15) is 9.59 Å². The summed E-state index contributed by atoms with van der Waals surface area (Å²) in [5.74, 6) is -0.294. The van der Waals surface area contributed by atoms with E-state index in [-0.39, 0.29) is 18.2 Å². The van der Waals surface area contributed by atoms with E-state index in [0.29, 0.717) is 0 Å². The average Bonchev–Trinajstić information content (AvgIpc) is 2.98. The minimum Gasteiger partial charge on any atom is -0.343 e. The van der Waals surface area contributed by atoms with E-state index < -0.39 is 0 Å². The van der Waals surface area contributed by atoms with E-state index in [1.165, 1.54) is 22.5 Å². The van der Waals surface area contributed by atoms with Crippen LogP contribution in [0.5, 0.6) is 0 Å². The molecule has 1 heterocycles. The molecule has 3 rings (SSSR count). The lowest BCUT2D eigenvalue weighted by atomic mass is 10.1. The van der Waals surface area contributed by atoms with Crippen molar-refractivity contribution in [3.05, 3.63) is 71.9 Å². The number of hydrogen-bond acceptors (Lipinski definition) is 2. The number of rotatable bonds is 4. The number of amides is 2. The fraction of sp³-hybridized carbons (Fsp3) is 0.238. The van der Waals surface area contributed by atoms with Crippen LogP contribution in [0.3, 0.4) is 0 Å². The Labute approximate surface area is 153 Å². The lowest BCUT2D eigenvalue weighted by molar-refractivity contribution is -0.155. The predicted molar refractivity (Wildman–Crippen MR) is 102 cm³/mol. The molecule has 0 radical (unpaired) electrons. The quantitative estimate of drug-likeness (QED) is 0.680. The van der Waals surface area contributed by atoms with E-state index in [0.717, 1.165) is 23.0 Å². The van der Waals surface area contributed by atoms with Crippen LogP contribution in [0.2, 0.25) is 0 Å². The molecule has 5 heteroatoms. The molecule has 3 aromatic rings. The normalized spacial score (nSPS) is 10.7. The van der Waals surface area contributed by atoms with Crippen LogP contribution in [0.1, 0.15) is 18.1 Å². The SMILES string of the molecule is CC(=O)N(C)N(C)C(=O)Cc1cn(Cc2ccccc2)c2ccccc12. The highest BCUT2D eigenvalue weighted by atomic mass is 16.2. The Morgan fingerprint density at radius 3 is 2.27 bits per heavy atom. The Bertz CT molecular complexity index is 931. The number of aromatic nitrogens is 1. The van der Waals surface area contributed by atoms with Gasteiger partial charge in [-0.3, -0.25) is 19.6 Å². The number of nitrogens with zero attached hydrogens (tertiary/aromatic N) is 3. The molecule has 2 aromatic carbocycles. The first-order valence-electron chi connectivity index (χ1n) is 8.59. The van der Waals surface area contributed by atoms with Crippen LogP contribution in [0.4, 0.5) is 0 Å². The van der Waals surface area contributed by atoms with E-state index in [1.807, 2.05) is 42.6 Å². The maximum atomic E-state index is 12.6. The lowest BCUT2D eigenvalue weighted by Gasteiger charge is -2.27. The molecular formula is C21H23N3O2. The van der Waals surface area contributed by atoms with Gasteiger partial charge in [-0.2, -0.15) is 0 Å². The Hall–Kier alpha value is -3.08. The lowest BCUT2D eigenvalue weighted by Crippen LogP contribution is -2.44. The third kappa shape index (κ3) is 3.61. The van der Waals surface area contributed by atoms with Crippen molar-refractivity contribution in [2.24, 2.45) is 0 Å². The minimum atomic E-state index is -0.174. The number of carbonyl (C=O) groups is 2. The summed E-state index contributed by atoms with van der Waals surface area (Å²) in [5, 5.41) is 3.76. The minimum absolute atomic E-state index is 0.120. The predicted octanol–water partition coefficient (Wildman–Crippen LogP) is 3.08. The second-order valence-corrected chi connectivity index (χ2v) is 6.42. The molecule has 0 saturated heterocycles. The van der Waals surface area contributed by atoms with Gasteiger partial charge >= 0.3 is 0 Å². The van der Waals surface area contributed by atoms with Crippen molar-refractivity contribution in [3.8, 4) is 0 Å². The Morgan fingerprint density at radius 2 is 1.58 bits per heavy atom. The third-order valence-electron chi connectivity index (χ3n) is 4.68. The first-order chi connectivity index (χ1) is 12.5. The van der Waals surface area contributed by atoms with Crippen LogP contribution in [0.25, 0.3) is 10.9 Å². The van der Waals surface area contributed by atoms with Crippen LogP contribution in [-0.4, -0.2) is 40.5 Å². The standard InChI is InChI=1S/C21H23N3O2/c1-16(25)22(2)23(3)21(26)13-18-15-24(14-17-9-5-4-6-10-17)20-12-8-7-11-19(18)20/h4-12,15H,13-14H2,1-3H3. The molecular weight excluding hydrogens is 326 g/mol. The molecule has 134 valence electrons. The van der Waals surface area contributed by atoms with Crippen molar-refractivity contribution >= 4 is 22.7 Å². The number of fused-ring (bicyclic) bond motifs is 1. The van der Waals surface area contributed by atoms with Crippen LogP contribution in [0, 0.1) is 0 Å². The number of carbonyl (C=O) groups excluding carboxylic acids is 2. The van der Waals surface area contributed by atoms with Gasteiger partial charge in [0.15, 0.2) is 0 Å². The summed E-state index contributed by atoms with van der Waals surface area (Å²) in [5.41, 5.74) is 3.27. The van der Waals surface area contributed by atoms with Gasteiger partial charge in [-0.1, -0.05) is 48.5 Å². The summed E-state index contributed by atoms with van der Waals surface area (Å²) in [7, 11) is 3.21. The number of hydrazine groups is 1. The van der Waals surface area contributed by atoms with E-state index >= 15 is 0 Å². The molecule has 1 aromatic heterocycles. The summed E-state index contributed by atoms with van der Waals surface area (Å²) in [6, 6.07) is 18.3. The Balaban J connectivity index is 1.89. The number of para-hydroxylation sites is 1. The third-order valence-corrected chi connectivity index (χ3v) is 4.68. The molecule has 0 atom stereocenters. The maximum Gasteiger partial charge on any atom is 0.245 e. The van der Waals surface area contributed by atoms with Crippen molar-refractivity contribution in [1.82, 2.24) is 14.6 Å². The largest absolute Gasteiger partial charge is 0.343 e. The summed E-state index contributed by atoms with van der Waals surface area (Å²) in [6.45, 7) is 2.19. The molecule has 0 aliphatic rings. The van der Waals surface area contributed by atoms with E-state index in [2.05, 4.69) is 22.8 Å². The zero-order valence-electron chi connectivity index (χ0n) is 15.3. The average molecular weight is 349 g/mol. The number of benzene rings is 2. The summed E-state index contributed by atoms with van der Waals surface area (Å²) in [4.78, 5) is 24.1. The smallest absolute Gasteiger partial charge is 0.245 e. The van der Waals surface area contributed by atoms with E-state index in [4.69, 9.17) is 0 Å². The zero-order chi connectivity index (χ0) is 18.7. The molecule has 5 nitrogen and oxygen atoms in total. The molecule has 0 aliphatic carbocycles. The highest BCUT2D eigenvalue weighted by molar-refractivity contribution is 5.90. The molecule has 0 fully saturated rings. The van der Waals surface area contributed by atoms with Crippen LogP contribution < -0.4 is 0 Å². The maximum absolute atomic E-state index is 12.6. The highest BCUT2D eigenvalue weighted by Gasteiger charge is 2.18. The monoisotopic (exact) mass is 349 g/mol. The summed E-state index contributed by atoms with van der Waals surface area (Å²) >= 11 is 0. The van der Waals surface area contributed by atoms with Gasteiger partial charge in [-0.15, -0.1) is 0 Å². The van der Waals surface area contributed by atoms with Gasteiger partial charge < -0.3 is 4.57 Å². The molecule has 0 unspecified atom stereocenters. The first kappa shape index (κ1) is 17.7. The first-order valence-corrected chi connectivity index (χ1v) is 8.59. The second kappa shape index (κ2) is 7.44. The molecule has 0 spiro atoms. The van der Waals surface area contributed by atoms with Crippen molar-refractivity contribution < 1.29 is 9.59 Å². The van der Waals surface area contributed by atoms with Gasteiger partial charge in [0.05, 0.1) is 6.42 Å². The van der Waals surface area contributed by atoms with Gasteiger partial charge in [0.1, 0.15) is 0 Å². The fourth-order valence-electron chi connectivity index (χ4n) is 3.03. The summed E-state index contributed by atoms with van der Waals surface area (Å²) in [6.07, 6.45) is 2.29. The van der Waals surface area contributed by atoms with Crippen LogP contribution in [-0.2, 0) is 22.6 Å². The van der Waals surface area contributed by atoms with Crippen LogP contribution in [0.15, 0.2) is 60.8 Å². The number of hydrogen-bond donors (Lipinski definition) is 0. The molecule has 2 amide bonds. The molecule has 0 saturated carbocycles. The number of likely N-dealkylation sites (N-methyl/N-ethyl adjacent to an activating group) is 1. The van der Waals surface area contributed by atoms with Gasteiger partial charge in [-0.25, -0.2) is 0 Å². The van der Waals surface area contributed by atoms with Crippen molar-refractivity contribution in [2.75, 3.05) is 14.1 Å². The van der Waals surface area contributed by atoms with E-state index in [1.54, 1.807) is 14.1 Å². The Kier molecular flexibility index (Phi) is 5.07. The Morgan fingerprint density at radius 1 is 0.923 bits per heavy atom. The molecule has 0 N–H and O–H groups in total. The fourth-order valence-corrected chi connectivity index (χ4v) is 3.03. The molecule has 0 aliphatic heterocycles. The van der Waals surface area contributed by atoms with Gasteiger partial charge in [0.25, 0.3) is 0 Å². The molecule has 0 bridgehead atoms. The van der Waals surface area contributed by atoms with Gasteiger partial charge in [0, 0.05) is 44.7 Å². The van der Waals surface area contributed by atoms with Crippen molar-refractivity contribution in [2.45, 2.75) is 19.9 Å². The van der Waals surface area contributed by atoms with Crippen LogP contribution >= 0.6 is 0 Å². The highest BCUT2D eigenvalue weighted by Crippen LogP contribution is 2.23. The topological polar surface area (TPSA) is 45.6 Å². The summed E-state index contributed by atoms with van der Waals surface area (Å²) < 4.78 is 2.17. The second-order valence-electron chi connectivity index (χ2n) is 6.42. The molecule has 26 heavy (non-hydrogen) atoms. The van der Waals surface area contributed by atoms with Gasteiger partial charge in [-0.05, 0) is 17.2 Å².